The molecule has 2 heterocycles. The first-order chi connectivity index (χ1) is 28.1. The molecule has 0 amide bonds. The molecule has 0 atom stereocenters. The van der Waals surface area contributed by atoms with Crippen molar-refractivity contribution in [2.75, 3.05) is 0 Å². The number of nitrogens with zero attached hydrogens (tertiary/aromatic N) is 3. The summed E-state index contributed by atoms with van der Waals surface area (Å²) in [4.78, 5) is 4.88. The number of aliphatic imine (C=N–C) groups is 1. The predicted octanol–water partition coefficient (Wildman–Crippen LogP) is 13.0. The van der Waals surface area contributed by atoms with Crippen LogP contribution in [0.4, 0.5) is 0 Å². The molecule has 10 aromatic rings. The minimum atomic E-state index is 0.457. The number of nitrogens with two attached hydrogens (primary N) is 1. The second kappa shape index (κ2) is 14.2. The summed E-state index contributed by atoms with van der Waals surface area (Å²) in [6.07, 6.45) is 2.01. The Balaban J connectivity index is 1.05. The average molecular weight is 731 g/mol. The Labute approximate surface area is 331 Å². The largest absolute Gasteiger partial charge is 0.383 e. The maximum absolute atomic E-state index is 6.51. The summed E-state index contributed by atoms with van der Waals surface area (Å²) in [5.74, 6) is 0.457. The van der Waals surface area contributed by atoms with Crippen LogP contribution in [0.1, 0.15) is 16.7 Å². The molecule has 4 heteroatoms. The van der Waals surface area contributed by atoms with E-state index in [9.17, 15) is 0 Å². The Morgan fingerprint density at radius 2 is 0.912 bits per heavy atom. The van der Waals surface area contributed by atoms with Crippen molar-refractivity contribution in [2.24, 2.45) is 10.7 Å². The Hall–Kier alpha value is -7.69. The smallest absolute Gasteiger partial charge is 0.131 e. The monoisotopic (exact) mass is 730 g/mol. The van der Waals surface area contributed by atoms with Gasteiger partial charge >= 0.3 is 0 Å². The number of rotatable bonds is 8. The van der Waals surface area contributed by atoms with Gasteiger partial charge in [-0.25, -0.2) is 4.99 Å². The fourth-order valence-corrected chi connectivity index (χ4v) is 8.10. The van der Waals surface area contributed by atoms with Crippen LogP contribution in [0, 0.1) is 0 Å². The second-order valence-electron chi connectivity index (χ2n) is 14.3. The van der Waals surface area contributed by atoms with E-state index >= 15 is 0 Å². The van der Waals surface area contributed by atoms with Gasteiger partial charge in [0.15, 0.2) is 0 Å². The van der Waals surface area contributed by atoms with E-state index in [1.165, 1.54) is 43.7 Å². The van der Waals surface area contributed by atoms with Crippen molar-refractivity contribution in [1.82, 2.24) is 9.13 Å². The molecule has 0 aliphatic rings. The molecule has 2 N–H and O–H groups in total. The fourth-order valence-electron chi connectivity index (χ4n) is 8.10. The van der Waals surface area contributed by atoms with Crippen LogP contribution in [0.25, 0.3) is 77.4 Å². The van der Waals surface area contributed by atoms with Crippen molar-refractivity contribution >= 4 is 60.7 Å². The van der Waals surface area contributed by atoms with Gasteiger partial charge in [-0.3, -0.25) is 0 Å². The number of fused-ring (bicyclic) bond motifs is 6. The Morgan fingerprint density at radius 3 is 1.60 bits per heavy atom. The summed E-state index contributed by atoms with van der Waals surface area (Å²) in [5.41, 5.74) is 20.3. The lowest BCUT2D eigenvalue weighted by atomic mass is 10.0. The zero-order valence-electron chi connectivity index (χ0n) is 31.3. The van der Waals surface area contributed by atoms with E-state index < -0.39 is 0 Å². The normalized spacial score (nSPS) is 12.2. The molecule has 270 valence electrons. The molecule has 8 aromatic carbocycles. The highest BCUT2D eigenvalue weighted by Gasteiger charge is 2.16. The number of hydrogen-bond acceptors (Lipinski definition) is 1. The SMILES string of the molecule is C=C(/C=C(\N=C(/N)c1ccccc1)c1ccccc1)c1ccc(-n2c3ccccc3c3ccc(-c4ccc5c(c4)c4ccccc4n5-c4ccccc4)cc32)cc1. The number of hydrogen-bond donors (Lipinski definition) is 1. The molecule has 0 unspecified atom stereocenters. The van der Waals surface area contributed by atoms with Crippen LogP contribution in [0.15, 0.2) is 218 Å². The zero-order chi connectivity index (χ0) is 38.3. The highest BCUT2D eigenvalue weighted by atomic mass is 15.0. The number of aromatic nitrogens is 2. The molecule has 0 spiro atoms. The van der Waals surface area contributed by atoms with Gasteiger partial charge in [0, 0.05) is 44.0 Å². The molecular weight excluding hydrogens is 693 g/mol. The van der Waals surface area contributed by atoms with Crippen LogP contribution < -0.4 is 5.73 Å². The van der Waals surface area contributed by atoms with E-state index in [0.717, 1.165) is 50.4 Å². The first-order valence-corrected chi connectivity index (χ1v) is 19.2. The van der Waals surface area contributed by atoms with E-state index in [-0.39, 0.29) is 0 Å². The fraction of sp³-hybridized carbons (Fsp3) is 0. The third-order valence-electron chi connectivity index (χ3n) is 10.9. The molecule has 0 saturated heterocycles. The summed E-state index contributed by atoms with van der Waals surface area (Å²) in [6.45, 7) is 4.47. The molecule has 2 aromatic heterocycles. The predicted molar refractivity (Wildman–Crippen MR) is 241 cm³/mol. The standard InChI is InChI=1S/C53H38N4/c1-36(33-48(38-15-5-2-6-16-38)55-53(54)39-17-7-3-8-18-39)37-25-29-43(30-26-37)57-49-23-13-11-21-44(49)46-31-27-41(35-52(46)57)40-28-32-51-47(34-40)45-22-12-14-24-50(45)56(51)42-19-9-4-10-20-42/h2-35H,1H2,(H2,54,55)/b48-33-. The molecule has 0 bridgehead atoms. The van der Waals surface area contributed by atoms with E-state index in [4.69, 9.17) is 10.7 Å². The summed E-state index contributed by atoms with van der Waals surface area (Å²) in [5, 5.41) is 4.92. The van der Waals surface area contributed by atoms with E-state index in [0.29, 0.717) is 5.84 Å². The molecule has 0 aliphatic carbocycles. The molecular formula is C53H38N4. The number of benzene rings is 8. The first-order valence-electron chi connectivity index (χ1n) is 19.2. The van der Waals surface area contributed by atoms with Gasteiger partial charge in [0.25, 0.3) is 0 Å². The Bertz CT molecular complexity index is 3170. The second-order valence-corrected chi connectivity index (χ2v) is 14.3. The number of para-hydroxylation sites is 3. The summed E-state index contributed by atoms with van der Waals surface area (Å²) < 4.78 is 4.73. The van der Waals surface area contributed by atoms with E-state index in [1.54, 1.807) is 0 Å². The van der Waals surface area contributed by atoms with Crippen molar-refractivity contribution in [3.8, 4) is 22.5 Å². The van der Waals surface area contributed by atoms with Gasteiger partial charge in [-0.1, -0.05) is 152 Å². The lowest BCUT2D eigenvalue weighted by molar-refractivity contribution is 1.18. The van der Waals surface area contributed by atoms with Crippen LogP contribution in [-0.2, 0) is 0 Å². The Kier molecular flexibility index (Phi) is 8.42. The first kappa shape index (κ1) is 33.8. The Morgan fingerprint density at radius 1 is 0.421 bits per heavy atom. The van der Waals surface area contributed by atoms with Gasteiger partial charge in [-0.15, -0.1) is 0 Å². The van der Waals surface area contributed by atoms with Crippen LogP contribution in [0.5, 0.6) is 0 Å². The molecule has 10 rings (SSSR count). The summed E-state index contributed by atoms with van der Waals surface area (Å²) in [6, 6.07) is 70.3. The van der Waals surface area contributed by atoms with Gasteiger partial charge in [0.1, 0.15) is 5.84 Å². The molecule has 0 radical (unpaired) electrons. The topological polar surface area (TPSA) is 48.2 Å². The van der Waals surface area contributed by atoms with Crippen molar-refractivity contribution in [3.63, 3.8) is 0 Å². The number of amidine groups is 1. The van der Waals surface area contributed by atoms with Gasteiger partial charge in [-0.2, -0.15) is 0 Å². The maximum atomic E-state index is 6.51. The van der Waals surface area contributed by atoms with Gasteiger partial charge in [0.05, 0.1) is 27.8 Å². The van der Waals surface area contributed by atoms with Gasteiger partial charge in [0.2, 0.25) is 0 Å². The van der Waals surface area contributed by atoms with Gasteiger partial charge in [-0.05, 0) is 82.9 Å². The minimum absolute atomic E-state index is 0.457. The molecule has 0 fully saturated rings. The van der Waals surface area contributed by atoms with Crippen molar-refractivity contribution in [1.29, 1.82) is 0 Å². The zero-order valence-corrected chi connectivity index (χ0v) is 31.3. The van der Waals surface area contributed by atoms with Gasteiger partial charge < -0.3 is 14.9 Å². The molecule has 57 heavy (non-hydrogen) atoms. The third-order valence-corrected chi connectivity index (χ3v) is 10.9. The van der Waals surface area contributed by atoms with Crippen molar-refractivity contribution in [3.05, 3.63) is 230 Å². The molecule has 0 aliphatic heterocycles. The van der Waals surface area contributed by atoms with Crippen molar-refractivity contribution in [2.45, 2.75) is 0 Å². The summed E-state index contributed by atoms with van der Waals surface area (Å²) in [7, 11) is 0. The third kappa shape index (κ3) is 6.10. The maximum Gasteiger partial charge on any atom is 0.131 e. The molecule has 4 nitrogen and oxygen atoms in total. The summed E-state index contributed by atoms with van der Waals surface area (Å²) >= 11 is 0. The van der Waals surface area contributed by atoms with Crippen LogP contribution in [-0.4, -0.2) is 15.0 Å². The lowest BCUT2D eigenvalue weighted by Gasteiger charge is -2.11. The van der Waals surface area contributed by atoms with E-state index in [2.05, 4.69) is 155 Å². The van der Waals surface area contributed by atoms with Crippen LogP contribution in [0.2, 0.25) is 0 Å². The average Bonchev–Trinajstić information content (AvgIpc) is 3.79. The molecule has 0 saturated carbocycles. The van der Waals surface area contributed by atoms with E-state index in [1.807, 2.05) is 66.7 Å². The lowest BCUT2D eigenvalue weighted by Crippen LogP contribution is -2.13. The minimum Gasteiger partial charge on any atom is -0.383 e. The highest BCUT2D eigenvalue weighted by molar-refractivity contribution is 6.12. The van der Waals surface area contributed by atoms with Crippen molar-refractivity contribution < 1.29 is 0 Å². The quantitative estimate of drug-likeness (QED) is 0.0944. The highest BCUT2D eigenvalue weighted by Crippen LogP contribution is 2.38. The van der Waals surface area contributed by atoms with Crippen LogP contribution in [0.3, 0.4) is 0 Å². The number of allylic oxidation sites excluding steroid dienone is 2. The van der Waals surface area contributed by atoms with Crippen LogP contribution >= 0.6 is 0 Å².